The molecule has 0 saturated heterocycles. The summed E-state index contributed by atoms with van der Waals surface area (Å²) >= 11 is 0. The summed E-state index contributed by atoms with van der Waals surface area (Å²) in [6.07, 6.45) is 10.1. The molecule has 3 nitrogen and oxygen atoms in total. The van der Waals surface area contributed by atoms with E-state index in [1.54, 1.807) is 0 Å². The second kappa shape index (κ2) is 7.09. The van der Waals surface area contributed by atoms with E-state index in [-0.39, 0.29) is 0 Å². The van der Waals surface area contributed by atoms with E-state index in [2.05, 4.69) is 48.1 Å². The molecule has 1 atom stereocenters. The Morgan fingerprint density at radius 1 is 1.37 bits per heavy atom. The molecule has 1 saturated carbocycles. The van der Waals surface area contributed by atoms with E-state index in [1.165, 1.54) is 37.8 Å². The Hall–Kier alpha value is -0.830. The van der Waals surface area contributed by atoms with Crippen molar-refractivity contribution >= 4 is 0 Å². The third-order valence-electron chi connectivity index (χ3n) is 4.34. The van der Waals surface area contributed by atoms with Crippen molar-refractivity contribution in [3.05, 3.63) is 18.0 Å². The molecule has 1 fully saturated rings. The van der Waals surface area contributed by atoms with Crippen LogP contribution in [0.2, 0.25) is 0 Å². The predicted octanol–water partition coefficient (Wildman–Crippen LogP) is 3.56. The zero-order valence-corrected chi connectivity index (χ0v) is 12.7. The van der Waals surface area contributed by atoms with Crippen molar-refractivity contribution in [1.82, 2.24) is 15.1 Å². The summed E-state index contributed by atoms with van der Waals surface area (Å²) in [5, 5.41) is 8.35. The van der Waals surface area contributed by atoms with Gasteiger partial charge >= 0.3 is 0 Å². The van der Waals surface area contributed by atoms with Gasteiger partial charge in [0.15, 0.2) is 0 Å². The van der Waals surface area contributed by atoms with Gasteiger partial charge in [-0.1, -0.05) is 19.8 Å². The molecule has 108 valence electrons. The van der Waals surface area contributed by atoms with E-state index in [0.29, 0.717) is 12.1 Å². The highest BCUT2D eigenvalue weighted by Gasteiger charge is 2.24. The first kappa shape index (κ1) is 14.6. The van der Waals surface area contributed by atoms with Gasteiger partial charge in [-0.2, -0.15) is 5.10 Å². The molecule has 1 unspecified atom stereocenters. The van der Waals surface area contributed by atoms with E-state index in [4.69, 9.17) is 0 Å². The van der Waals surface area contributed by atoms with E-state index in [9.17, 15) is 0 Å². The molecule has 0 amide bonds. The SMILES string of the molecule is CCNC(CCc1ccn(C(C)C)n1)C1CCCC1. The van der Waals surface area contributed by atoms with E-state index < -0.39 is 0 Å². The molecule has 1 aliphatic carbocycles. The highest BCUT2D eigenvalue weighted by Crippen LogP contribution is 2.29. The summed E-state index contributed by atoms with van der Waals surface area (Å²) in [6, 6.07) is 3.34. The van der Waals surface area contributed by atoms with Crippen molar-refractivity contribution in [3.8, 4) is 0 Å². The van der Waals surface area contributed by atoms with Crippen LogP contribution in [0.3, 0.4) is 0 Å². The minimum Gasteiger partial charge on any atom is -0.314 e. The summed E-state index contributed by atoms with van der Waals surface area (Å²) in [4.78, 5) is 0. The lowest BCUT2D eigenvalue weighted by molar-refractivity contribution is 0.344. The normalized spacial score (nSPS) is 18.3. The zero-order chi connectivity index (χ0) is 13.7. The summed E-state index contributed by atoms with van der Waals surface area (Å²) in [5.74, 6) is 0.895. The maximum Gasteiger partial charge on any atom is 0.0625 e. The van der Waals surface area contributed by atoms with Crippen molar-refractivity contribution in [2.24, 2.45) is 5.92 Å². The van der Waals surface area contributed by atoms with Gasteiger partial charge < -0.3 is 5.32 Å². The van der Waals surface area contributed by atoms with Gasteiger partial charge in [0.1, 0.15) is 0 Å². The largest absolute Gasteiger partial charge is 0.314 e. The second-order valence-corrected chi connectivity index (χ2v) is 6.13. The minimum absolute atomic E-state index is 0.466. The molecule has 1 aromatic rings. The number of nitrogens with one attached hydrogen (secondary N) is 1. The van der Waals surface area contributed by atoms with E-state index >= 15 is 0 Å². The Bertz CT molecular complexity index is 364. The fourth-order valence-corrected chi connectivity index (χ4v) is 3.23. The number of rotatable bonds is 7. The summed E-state index contributed by atoms with van der Waals surface area (Å²) in [6.45, 7) is 7.66. The molecule has 0 bridgehead atoms. The lowest BCUT2D eigenvalue weighted by Gasteiger charge is -2.24. The van der Waals surface area contributed by atoms with Crippen molar-refractivity contribution < 1.29 is 0 Å². The van der Waals surface area contributed by atoms with Crippen LogP contribution in [-0.2, 0) is 6.42 Å². The molecule has 0 aliphatic heterocycles. The number of aromatic nitrogens is 2. The van der Waals surface area contributed by atoms with Crippen LogP contribution >= 0.6 is 0 Å². The molecule has 0 radical (unpaired) electrons. The van der Waals surface area contributed by atoms with Crippen LogP contribution in [-0.4, -0.2) is 22.4 Å². The van der Waals surface area contributed by atoms with Crippen molar-refractivity contribution in [2.75, 3.05) is 6.54 Å². The van der Waals surface area contributed by atoms with Crippen molar-refractivity contribution in [3.63, 3.8) is 0 Å². The molecular formula is C16H29N3. The maximum absolute atomic E-state index is 4.66. The predicted molar refractivity (Wildman–Crippen MR) is 80.4 cm³/mol. The zero-order valence-electron chi connectivity index (χ0n) is 12.7. The highest BCUT2D eigenvalue weighted by molar-refractivity contribution is 5.00. The fourth-order valence-electron chi connectivity index (χ4n) is 3.23. The first-order valence-corrected chi connectivity index (χ1v) is 7.98. The van der Waals surface area contributed by atoms with Gasteiger partial charge in [0.05, 0.1) is 5.69 Å². The van der Waals surface area contributed by atoms with Crippen LogP contribution in [0, 0.1) is 5.92 Å². The summed E-state index contributed by atoms with van der Waals surface area (Å²) in [5.41, 5.74) is 1.25. The van der Waals surface area contributed by atoms with Crippen LogP contribution in [0.1, 0.15) is 64.6 Å². The molecule has 0 spiro atoms. The molecule has 3 heteroatoms. The Labute approximate surface area is 117 Å². The molecular weight excluding hydrogens is 234 g/mol. The molecule has 2 rings (SSSR count). The third kappa shape index (κ3) is 4.07. The minimum atomic E-state index is 0.466. The Morgan fingerprint density at radius 2 is 2.11 bits per heavy atom. The number of aryl methyl sites for hydroxylation is 1. The monoisotopic (exact) mass is 263 g/mol. The second-order valence-electron chi connectivity index (χ2n) is 6.13. The first-order chi connectivity index (χ1) is 9.20. The number of hydrogen-bond acceptors (Lipinski definition) is 2. The Balaban J connectivity index is 1.86. The lowest BCUT2D eigenvalue weighted by Crippen LogP contribution is -2.35. The van der Waals surface area contributed by atoms with Gasteiger partial charge in [-0.3, -0.25) is 4.68 Å². The maximum atomic E-state index is 4.66. The molecule has 1 N–H and O–H groups in total. The standard InChI is InChI=1S/C16H29N3/c1-4-17-16(14-7-5-6-8-14)10-9-15-11-12-19(18-15)13(2)3/h11-14,16-17H,4-10H2,1-3H3. The van der Waals surface area contributed by atoms with Crippen LogP contribution in [0.4, 0.5) is 0 Å². The molecule has 19 heavy (non-hydrogen) atoms. The van der Waals surface area contributed by atoms with Crippen molar-refractivity contribution in [1.29, 1.82) is 0 Å². The fraction of sp³-hybridized carbons (Fsp3) is 0.812. The Kier molecular flexibility index (Phi) is 5.44. The van der Waals surface area contributed by atoms with E-state index in [0.717, 1.165) is 18.9 Å². The van der Waals surface area contributed by atoms with Gasteiger partial charge in [-0.05, 0) is 58.1 Å². The molecule has 0 aromatic carbocycles. The molecule has 1 aromatic heterocycles. The quantitative estimate of drug-likeness (QED) is 0.815. The van der Waals surface area contributed by atoms with E-state index in [1.807, 2.05) is 0 Å². The smallest absolute Gasteiger partial charge is 0.0625 e. The van der Waals surface area contributed by atoms with Gasteiger partial charge in [0.2, 0.25) is 0 Å². The van der Waals surface area contributed by atoms with Crippen LogP contribution in [0.15, 0.2) is 12.3 Å². The Morgan fingerprint density at radius 3 is 2.68 bits per heavy atom. The average molecular weight is 263 g/mol. The number of nitrogens with zero attached hydrogens (tertiary/aromatic N) is 2. The summed E-state index contributed by atoms with van der Waals surface area (Å²) < 4.78 is 2.06. The third-order valence-corrected chi connectivity index (χ3v) is 4.34. The molecule has 1 heterocycles. The summed E-state index contributed by atoms with van der Waals surface area (Å²) in [7, 11) is 0. The van der Waals surface area contributed by atoms with Crippen molar-refractivity contribution in [2.45, 2.75) is 71.4 Å². The first-order valence-electron chi connectivity index (χ1n) is 7.98. The van der Waals surface area contributed by atoms with Gasteiger partial charge in [0.25, 0.3) is 0 Å². The van der Waals surface area contributed by atoms with Gasteiger partial charge in [0, 0.05) is 18.3 Å². The van der Waals surface area contributed by atoms with Crippen LogP contribution < -0.4 is 5.32 Å². The van der Waals surface area contributed by atoms with Gasteiger partial charge in [-0.25, -0.2) is 0 Å². The van der Waals surface area contributed by atoms with Gasteiger partial charge in [-0.15, -0.1) is 0 Å². The van der Waals surface area contributed by atoms with Crippen LogP contribution in [0.5, 0.6) is 0 Å². The number of hydrogen-bond donors (Lipinski definition) is 1. The topological polar surface area (TPSA) is 29.9 Å². The van der Waals surface area contributed by atoms with Crippen LogP contribution in [0.25, 0.3) is 0 Å². The highest BCUT2D eigenvalue weighted by atomic mass is 15.3. The lowest BCUT2D eigenvalue weighted by atomic mass is 9.93. The average Bonchev–Trinajstić information content (AvgIpc) is 3.05. The molecule has 1 aliphatic rings.